The van der Waals surface area contributed by atoms with E-state index in [0.29, 0.717) is 29.0 Å². The fourth-order valence-electron chi connectivity index (χ4n) is 6.05. The number of pyridine rings is 2. The number of oxazole rings is 1. The van der Waals surface area contributed by atoms with E-state index in [1.165, 1.54) is 0 Å². The molecule has 2 amide bonds. The Morgan fingerprint density at radius 2 is 1.87 bits per heavy atom. The van der Waals surface area contributed by atoms with Gasteiger partial charge < -0.3 is 24.9 Å². The van der Waals surface area contributed by atoms with Gasteiger partial charge in [0, 0.05) is 74.4 Å². The molecule has 0 spiro atoms. The smallest absolute Gasteiger partial charge is 0.229 e. The second-order valence-electron chi connectivity index (χ2n) is 11.0. The van der Waals surface area contributed by atoms with Gasteiger partial charge in [-0.2, -0.15) is 0 Å². The van der Waals surface area contributed by atoms with E-state index in [4.69, 9.17) is 9.40 Å². The lowest BCUT2D eigenvalue weighted by molar-refractivity contribution is -0.132. The lowest BCUT2D eigenvalue weighted by atomic mass is 9.95. The molecule has 10 heteroatoms. The maximum Gasteiger partial charge on any atom is 0.229 e. The average molecular weight is 526 g/mol. The van der Waals surface area contributed by atoms with Gasteiger partial charge in [-0.15, -0.1) is 0 Å². The average Bonchev–Trinajstić information content (AvgIpc) is 3.76. The summed E-state index contributed by atoms with van der Waals surface area (Å²) in [6, 6.07) is 8.23. The zero-order valence-corrected chi connectivity index (χ0v) is 22.1. The molecule has 1 saturated carbocycles. The molecule has 10 nitrogen and oxygen atoms in total. The Kier molecular flexibility index (Phi) is 5.64. The van der Waals surface area contributed by atoms with E-state index in [9.17, 15) is 9.59 Å². The monoisotopic (exact) mass is 525 g/mol. The van der Waals surface area contributed by atoms with Crippen LogP contribution in [0.5, 0.6) is 0 Å². The molecular formula is C29H31N7O3. The highest BCUT2D eigenvalue weighted by Crippen LogP contribution is 2.36. The summed E-state index contributed by atoms with van der Waals surface area (Å²) >= 11 is 0. The highest BCUT2D eigenvalue weighted by atomic mass is 16.3. The van der Waals surface area contributed by atoms with Gasteiger partial charge in [0.1, 0.15) is 17.2 Å². The molecule has 39 heavy (non-hydrogen) atoms. The van der Waals surface area contributed by atoms with Crippen LogP contribution < -0.4 is 15.5 Å². The van der Waals surface area contributed by atoms with Crippen LogP contribution in [0.15, 0.2) is 41.1 Å². The molecule has 2 bridgehead atoms. The highest BCUT2D eigenvalue weighted by Gasteiger charge is 2.36. The molecule has 2 unspecified atom stereocenters. The minimum absolute atomic E-state index is 0.00839. The van der Waals surface area contributed by atoms with Crippen molar-refractivity contribution in [1.29, 1.82) is 0 Å². The lowest BCUT2D eigenvalue weighted by Gasteiger charge is -2.35. The van der Waals surface area contributed by atoms with Crippen LogP contribution in [0.3, 0.4) is 0 Å². The fraction of sp³-hybridized carbons (Fsp3) is 0.414. The number of rotatable bonds is 5. The number of anilines is 3. The van der Waals surface area contributed by atoms with Gasteiger partial charge >= 0.3 is 0 Å². The number of aromatic nitrogens is 3. The van der Waals surface area contributed by atoms with Gasteiger partial charge in [-0.3, -0.25) is 9.59 Å². The zero-order chi connectivity index (χ0) is 26.7. The minimum Gasteiger partial charge on any atom is -0.436 e. The molecule has 4 aliphatic rings. The van der Waals surface area contributed by atoms with E-state index < -0.39 is 0 Å². The van der Waals surface area contributed by atoms with Gasteiger partial charge in [0.2, 0.25) is 17.7 Å². The maximum absolute atomic E-state index is 12.4. The molecule has 0 radical (unpaired) electrons. The summed E-state index contributed by atoms with van der Waals surface area (Å²) in [5.74, 6) is 2.39. The van der Waals surface area contributed by atoms with Crippen molar-refractivity contribution in [1.82, 2.24) is 19.9 Å². The van der Waals surface area contributed by atoms with Gasteiger partial charge in [0.25, 0.3) is 0 Å². The first kappa shape index (κ1) is 23.9. The van der Waals surface area contributed by atoms with Gasteiger partial charge in [0.15, 0.2) is 5.58 Å². The molecule has 1 aliphatic carbocycles. The Hall–Kier alpha value is -4.21. The Morgan fingerprint density at radius 1 is 1.00 bits per heavy atom. The molecule has 8 rings (SSSR count). The number of hydrogen-bond donors (Lipinski definition) is 2. The molecule has 6 heterocycles. The summed E-state index contributed by atoms with van der Waals surface area (Å²) in [5, 5.41) is 7.71. The van der Waals surface area contributed by atoms with Crippen molar-refractivity contribution in [2.24, 2.45) is 11.8 Å². The number of piperidine rings is 1. The van der Waals surface area contributed by atoms with Crippen LogP contribution in [0.25, 0.3) is 33.3 Å². The van der Waals surface area contributed by atoms with Gasteiger partial charge in [-0.05, 0) is 55.9 Å². The second kappa shape index (κ2) is 9.21. The van der Waals surface area contributed by atoms with E-state index in [1.54, 1.807) is 19.3 Å². The molecule has 4 aromatic rings. The minimum atomic E-state index is 0.00839. The number of carbonyl (C=O) groups is 2. The van der Waals surface area contributed by atoms with E-state index in [1.807, 2.05) is 24.1 Å². The quantitative estimate of drug-likeness (QED) is 0.397. The summed E-state index contributed by atoms with van der Waals surface area (Å²) in [6.45, 7) is 4.27. The molecule has 2 atom stereocenters. The molecule has 4 fully saturated rings. The predicted molar refractivity (Wildman–Crippen MR) is 150 cm³/mol. The van der Waals surface area contributed by atoms with Gasteiger partial charge in [-0.25, -0.2) is 15.0 Å². The van der Waals surface area contributed by atoms with Gasteiger partial charge in [-0.1, -0.05) is 0 Å². The van der Waals surface area contributed by atoms with Crippen LogP contribution in [0.4, 0.5) is 17.3 Å². The normalized spacial score (nSPS) is 20.9. The number of amides is 2. The summed E-state index contributed by atoms with van der Waals surface area (Å²) in [5.41, 5.74) is 3.28. The van der Waals surface area contributed by atoms with Crippen LogP contribution in [-0.4, -0.2) is 64.4 Å². The number of hydrogen-bond acceptors (Lipinski definition) is 8. The summed E-state index contributed by atoms with van der Waals surface area (Å²) in [6.07, 6.45) is 7.53. The first-order chi connectivity index (χ1) is 19.0. The lowest BCUT2D eigenvalue weighted by Crippen LogP contribution is -2.46. The van der Waals surface area contributed by atoms with Crippen LogP contribution in [0.2, 0.25) is 0 Å². The predicted octanol–water partition coefficient (Wildman–Crippen LogP) is 4.28. The Bertz CT molecular complexity index is 1610. The Labute approximate surface area is 225 Å². The van der Waals surface area contributed by atoms with Crippen molar-refractivity contribution in [2.75, 3.05) is 42.2 Å². The topological polar surface area (TPSA) is 116 Å². The van der Waals surface area contributed by atoms with Crippen LogP contribution in [0.1, 0.15) is 32.6 Å². The first-order valence-corrected chi connectivity index (χ1v) is 13.7. The standard InChI is InChI=1S/C29H31N7O3/c1-16(37)36-14-17-3-6-20(36)15-35(13-17)19-7-8-25-24(9-19)33-29(39-25)23-12-32-27(30-2)22-11-31-26(10-21(22)23)34-28(38)18-4-5-18/h7-12,17-18,20H,3-6,13-15H2,1-2H3,(H,30,32)(H,31,34,38). The van der Waals surface area contributed by atoms with Gasteiger partial charge in [0.05, 0.1) is 5.56 Å². The molecular weight excluding hydrogens is 494 g/mol. The van der Waals surface area contributed by atoms with E-state index in [2.05, 4.69) is 37.6 Å². The number of fused-ring (bicyclic) bond motifs is 6. The second-order valence-corrected chi connectivity index (χ2v) is 11.0. The number of benzene rings is 1. The Morgan fingerprint density at radius 3 is 2.67 bits per heavy atom. The third-order valence-electron chi connectivity index (χ3n) is 8.29. The van der Waals surface area contributed by atoms with Crippen molar-refractivity contribution in [3.8, 4) is 11.5 Å². The third-order valence-corrected chi connectivity index (χ3v) is 8.29. The molecule has 2 N–H and O–H groups in total. The maximum atomic E-state index is 12.4. The van der Waals surface area contributed by atoms with Crippen LogP contribution >= 0.6 is 0 Å². The number of carbonyl (C=O) groups excluding carboxylic acids is 2. The SMILES string of the molecule is CNc1ncc(-c2nc3cc(N4CC5CCC(C4)N(C(C)=O)C5)ccc3o2)c2cc(NC(=O)C3CC3)ncc12. The van der Waals surface area contributed by atoms with Crippen molar-refractivity contribution < 1.29 is 14.0 Å². The fourth-order valence-corrected chi connectivity index (χ4v) is 6.05. The largest absolute Gasteiger partial charge is 0.436 e. The molecule has 200 valence electrons. The molecule has 1 aromatic carbocycles. The van der Waals surface area contributed by atoms with Crippen molar-refractivity contribution >= 4 is 51.0 Å². The molecule has 3 saturated heterocycles. The molecule has 3 aliphatic heterocycles. The summed E-state index contributed by atoms with van der Waals surface area (Å²) in [4.78, 5) is 42.9. The van der Waals surface area contributed by atoms with Crippen LogP contribution in [0, 0.1) is 11.8 Å². The number of nitrogens with zero attached hydrogens (tertiary/aromatic N) is 5. The van der Waals surface area contributed by atoms with Crippen molar-refractivity contribution in [3.05, 3.63) is 36.7 Å². The highest BCUT2D eigenvalue weighted by molar-refractivity contribution is 6.03. The van der Waals surface area contributed by atoms with Crippen molar-refractivity contribution in [3.63, 3.8) is 0 Å². The Balaban J connectivity index is 1.24. The molecule has 3 aromatic heterocycles. The third kappa shape index (κ3) is 4.33. The summed E-state index contributed by atoms with van der Waals surface area (Å²) in [7, 11) is 1.82. The van der Waals surface area contributed by atoms with Crippen molar-refractivity contribution in [2.45, 2.75) is 38.6 Å². The van der Waals surface area contributed by atoms with E-state index >= 15 is 0 Å². The van der Waals surface area contributed by atoms with Crippen LogP contribution in [-0.2, 0) is 9.59 Å². The first-order valence-electron chi connectivity index (χ1n) is 13.7. The summed E-state index contributed by atoms with van der Waals surface area (Å²) < 4.78 is 6.22. The number of nitrogens with one attached hydrogen (secondary N) is 2. The van der Waals surface area contributed by atoms with E-state index in [0.717, 1.165) is 72.9 Å². The van der Waals surface area contributed by atoms with E-state index in [-0.39, 0.29) is 23.8 Å². The zero-order valence-electron chi connectivity index (χ0n) is 22.1.